The quantitative estimate of drug-likeness (QED) is 0.503. The summed E-state index contributed by atoms with van der Waals surface area (Å²) in [6.07, 6.45) is 4.83. The summed E-state index contributed by atoms with van der Waals surface area (Å²) >= 11 is 0. The van der Waals surface area contributed by atoms with Gasteiger partial charge in [-0.2, -0.15) is 0 Å². The van der Waals surface area contributed by atoms with E-state index in [1.807, 2.05) is 0 Å². The highest BCUT2D eigenvalue weighted by Crippen LogP contribution is 2.25. The molecule has 0 atom stereocenters. The van der Waals surface area contributed by atoms with E-state index in [9.17, 15) is 0 Å². The van der Waals surface area contributed by atoms with Crippen molar-refractivity contribution in [1.29, 1.82) is 0 Å². The van der Waals surface area contributed by atoms with Crippen LogP contribution in [0.25, 0.3) is 0 Å². The van der Waals surface area contributed by atoms with Crippen LogP contribution in [0, 0.1) is 0 Å². The van der Waals surface area contributed by atoms with E-state index in [-0.39, 0.29) is 0 Å². The third-order valence-electron chi connectivity index (χ3n) is 4.30. The lowest BCUT2D eigenvalue weighted by atomic mass is 10.1. The Bertz CT molecular complexity index is 543. The molecule has 0 unspecified atom stereocenters. The Labute approximate surface area is 129 Å². The highest BCUT2D eigenvalue weighted by atomic mass is 15.3. The Morgan fingerprint density at radius 1 is 0.810 bits per heavy atom. The zero-order chi connectivity index (χ0) is 15.1. The van der Waals surface area contributed by atoms with Crippen LogP contribution in [0.4, 0.5) is 5.69 Å². The standard InChI is InChI=1S/C20H28N/c1-4-19-15-8-9-16-20(19)21(2,3)17-11-10-14-18-12-6-5-7-13-18/h5-9,12-13,15-16H,4,10-11,14,17H2,1-3H3/q+1. The van der Waals surface area contributed by atoms with Gasteiger partial charge in [0.05, 0.1) is 20.6 Å². The van der Waals surface area contributed by atoms with Gasteiger partial charge in [-0.1, -0.05) is 55.5 Å². The predicted molar refractivity (Wildman–Crippen MR) is 93.7 cm³/mol. The van der Waals surface area contributed by atoms with Gasteiger partial charge in [0.15, 0.2) is 0 Å². The normalized spacial score (nSPS) is 11.6. The van der Waals surface area contributed by atoms with Crippen molar-refractivity contribution in [2.75, 3.05) is 20.6 Å². The molecule has 2 aromatic carbocycles. The van der Waals surface area contributed by atoms with E-state index in [4.69, 9.17) is 0 Å². The average Bonchev–Trinajstić information content (AvgIpc) is 2.52. The summed E-state index contributed by atoms with van der Waals surface area (Å²) in [5.74, 6) is 0. The molecule has 0 saturated carbocycles. The van der Waals surface area contributed by atoms with E-state index >= 15 is 0 Å². The number of para-hydroxylation sites is 1. The van der Waals surface area contributed by atoms with Crippen molar-refractivity contribution in [1.82, 2.24) is 4.48 Å². The number of unbranched alkanes of at least 4 members (excludes halogenated alkanes) is 1. The first-order valence-corrected chi connectivity index (χ1v) is 8.09. The van der Waals surface area contributed by atoms with Crippen molar-refractivity contribution in [3.05, 3.63) is 65.7 Å². The first-order chi connectivity index (χ1) is 10.1. The second-order valence-corrected chi connectivity index (χ2v) is 6.33. The summed E-state index contributed by atoms with van der Waals surface area (Å²) in [5.41, 5.74) is 4.40. The molecule has 21 heavy (non-hydrogen) atoms. The fraction of sp³-hybridized carbons (Fsp3) is 0.400. The zero-order valence-electron chi connectivity index (χ0n) is 13.7. The van der Waals surface area contributed by atoms with E-state index in [2.05, 4.69) is 75.6 Å². The first kappa shape index (κ1) is 15.8. The zero-order valence-corrected chi connectivity index (χ0v) is 13.7. The third kappa shape index (κ3) is 4.44. The SMILES string of the molecule is CCc1ccccc1[N+](C)(C)CCCCc1ccccc1. The van der Waals surface area contributed by atoms with Crippen molar-refractivity contribution < 1.29 is 0 Å². The van der Waals surface area contributed by atoms with Gasteiger partial charge in [0.2, 0.25) is 0 Å². The number of aryl methyl sites for hydroxylation is 2. The Kier molecular flexibility index (Phi) is 5.58. The minimum Gasteiger partial charge on any atom is -0.296 e. The van der Waals surface area contributed by atoms with E-state index in [0.717, 1.165) is 10.9 Å². The van der Waals surface area contributed by atoms with E-state index in [0.29, 0.717) is 0 Å². The number of nitrogens with zero attached hydrogens (tertiary/aromatic N) is 1. The maximum absolute atomic E-state index is 2.33. The molecule has 0 spiro atoms. The Hall–Kier alpha value is -1.60. The van der Waals surface area contributed by atoms with E-state index in [1.54, 1.807) is 0 Å². The van der Waals surface area contributed by atoms with Crippen LogP contribution in [0.5, 0.6) is 0 Å². The molecule has 2 aromatic rings. The van der Waals surface area contributed by atoms with Crippen LogP contribution in [0.1, 0.15) is 30.9 Å². The molecular weight excluding hydrogens is 254 g/mol. The summed E-state index contributed by atoms with van der Waals surface area (Å²) < 4.78 is 0.985. The summed E-state index contributed by atoms with van der Waals surface area (Å²) in [6.45, 7) is 3.44. The van der Waals surface area contributed by atoms with Gasteiger partial charge in [-0.3, -0.25) is 4.48 Å². The molecule has 0 radical (unpaired) electrons. The molecule has 2 rings (SSSR count). The summed E-state index contributed by atoms with van der Waals surface area (Å²) in [6, 6.07) is 19.7. The van der Waals surface area contributed by atoms with Crippen LogP contribution >= 0.6 is 0 Å². The van der Waals surface area contributed by atoms with Gasteiger partial charge < -0.3 is 0 Å². The predicted octanol–water partition coefficient (Wildman–Crippen LogP) is 4.84. The van der Waals surface area contributed by atoms with E-state index < -0.39 is 0 Å². The van der Waals surface area contributed by atoms with Gasteiger partial charge in [-0.05, 0) is 37.3 Å². The number of rotatable bonds is 7. The van der Waals surface area contributed by atoms with Crippen LogP contribution in [0.15, 0.2) is 54.6 Å². The summed E-state index contributed by atoms with van der Waals surface area (Å²) in [4.78, 5) is 0. The van der Waals surface area contributed by atoms with Gasteiger partial charge in [0.25, 0.3) is 0 Å². The topological polar surface area (TPSA) is 0 Å². The molecule has 0 saturated heterocycles. The Morgan fingerprint density at radius 2 is 1.48 bits per heavy atom. The second-order valence-electron chi connectivity index (χ2n) is 6.33. The van der Waals surface area contributed by atoms with Crippen LogP contribution < -0.4 is 4.48 Å². The van der Waals surface area contributed by atoms with Crippen LogP contribution in [0.2, 0.25) is 0 Å². The number of hydrogen-bond acceptors (Lipinski definition) is 0. The second kappa shape index (κ2) is 7.42. The highest BCUT2D eigenvalue weighted by molar-refractivity contribution is 5.49. The molecule has 0 aliphatic carbocycles. The number of hydrogen-bond donors (Lipinski definition) is 0. The molecule has 0 bridgehead atoms. The average molecular weight is 282 g/mol. The minimum atomic E-state index is 0.985. The van der Waals surface area contributed by atoms with Crippen molar-refractivity contribution in [2.45, 2.75) is 32.6 Å². The molecule has 1 nitrogen and oxygen atoms in total. The largest absolute Gasteiger partial charge is 0.296 e. The van der Waals surface area contributed by atoms with Gasteiger partial charge in [0.1, 0.15) is 5.69 Å². The molecule has 0 fully saturated rings. The fourth-order valence-corrected chi connectivity index (χ4v) is 3.00. The van der Waals surface area contributed by atoms with Gasteiger partial charge in [-0.25, -0.2) is 0 Å². The van der Waals surface area contributed by atoms with Gasteiger partial charge >= 0.3 is 0 Å². The lowest BCUT2D eigenvalue weighted by Gasteiger charge is -2.31. The Morgan fingerprint density at radius 3 is 2.19 bits per heavy atom. The lowest BCUT2D eigenvalue weighted by Crippen LogP contribution is -2.42. The summed E-state index contributed by atoms with van der Waals surface area (Å²) in [5, 5.41) is 0. The molecule has 1 heteroatoms. The van der Waals surface area contributed by atoms with E-state index in [1.165, 1.54) is 42.6 Å². The van der Waals surface area contributed by atoms with Crippen LogP contribution in [0.3, 0.4) is 0 Å². The van der Waals surface area contributed by atoms with Crippen molar-refractivity contribution in [3.8, 4) is 0 Å². The van der Waals surface area contributed by atoms with Crippen molar-refractivity contribution in [2.24, 2.45) is 0 Å². The Balaban J connectivity index is 1.89. The molecule has 0 aromatic heterocycles. The number of benzene rings is 2. The summed E-state index contributed by atoms with van der Waals surface area (Å²) in [7, 11) is 4.66. The lowest BCUT2D eigenvalue weighted by molar-refractivity contribution is 0.383. The highest BCUT2D eigenvalue weighted by Gasteiger charge is 2.21. The fourth-order valence-electron chi connectivity index (χ4n) is 3.00. The minimum absolute atomic E-state index is 0.985. The molecule has 0 N–H and O–H groups in total. The first-order valence-electron chi connectivity index (χ1n) is 8.09. The van der Waals surface area contributed by atoms with Crippen molar-refractivity contribution in [3.63, 3.8) is 0 Å². The van der Waals surface area contributed by atoms with Crippen molar-refractivity contribution >= 4 is 5.69 Å². The van der Waals surface area contributed by atoms with Gasteiger partial charge in [0, 0.05) is 5.56 Å². The van der Waals surface area contributed by atoms with Crippen LogP contribution in [-0.4, -0.2) is 20.6 Å². The number of quaternary nitrogens is 1. The maximum atomic E-state index is 2.33. The molecule has 112 valence electrons. The monoisotopic (exact) mass is 282 g/mol. The molecular formula is C20H28N+. The molecule has 0 aliphatic heterocycles. The van der Waals surface area contributed by atoms with Crippen LogP contribution in [-0.2, 0) is 12.8 Å². The molecule has 0 amide bonds. The smallest absolute Gasteiger partial charge is 0.135 e. The molecule has 0 aliphatic rings. The van der Waals surface area contributed by atoms with Gasteiger partial charge in [-0.15, -0.1) is 0 Å². The molecule has 0 heterocycles. The third-order valence-corrected chi connectivity index (χ3v) is 4.30. The maximum Gasteiger partial charge on any atom is 0.135 e.